The van der Waals surface area contributed by atoms with Crippen LogP contribution in [0, 0.1) is 12.8 Å². The second-order valence-corrected chi connectivity index (χ2v) is 11.3. The number of nitrogens with one attached hydrogen (secondary N) is 1. The molecule has 0 bridgehead atoms. The molecule has 1 unspecified atom stereocenters. The number of aryl methyl sites for hydroxylation is 1. The molecule has 2 aromatic heterocycles. The predicted octanol–water partition coefficient (Wildman–Crippen LogP) is 4.09. The van der Waals surface area contributed by atoms with Crippen LogP contribution < -0.4 is 16.0 Å². The Morgan fingerprint density at radius 1 is 1.15 bits per heavy atom. The van der Waals surface area contributed by atoms with Crippen molar-refractivity contribution in [1.29, 1.82) is 0 Å². The highest BCUT2D eigenvalue weighted by molar-refractivity contribution is 7.91. The first-order chi connectivity index (χ1) is 16.0. The highest BCUT2D eigenvalue weighted by Crippen LogP contribution is 2.39. The van der Waals surface area contributed by atoms with E-state index in [0.29, 0.717) is 18.3 Å². The average Bonchev–Trinajstić information content (AvgIpc) is 3.06. The molecule has 34 heavy (non-hydrogen) atoms. The number of hydrogen-bond acceptors (Lipinski definition) is 7. The van der Waals surface area contributed by atoms with Crippen molar-refractivity contribution in [3.63, 3.8) is 0 Å². The first-order valence-corrected chi connectivity index (χ1v) is 12.6. The third-order valence-corrected chi connectivity index (χ3v) is 7.86. The molecule has 178 valence electrons. The number of primary amides is 1. The Hall–Kier alpha value is -3.46. The van der Waals surface area contributed by atoms with Crippen molar-refractivity contribution in [3.05, 3.63) is 65.9 Å². The molecule has 3 aromatic rings. The highest BCUT2D eigenvalue weighted by atomic mass is 32.2. The molecular formula is C25H29N5O3S. The number of carbonyl (C=O) groups is 1. The van der Waals surface area contributed by atoms with E-state index in [2.05, 4.69) is 22.2 Å². The zero-order valence-electron chi connectivity index (χ0n) is 19.7. The van der Waals surface area contributed by atoms with Crippen LogP contribution in [0.1, 0.15) is 43.1 Å². The third kappa shape index (κ3) is 4.35. The van der Waals surface area contributed by atoms with Crippen LogP contribution in [0.25, 0.3) is 0 Å². The number of nitrogens with two attached hydrogens (primary N) is 1. The van der Waals surface area contributed by atoms with Crippen LogP contribution in [0.2, 0.25) is 0 Å². The fourth-order valence-electron chi connectivity index (χ4n) is 4.65. The number of amides is 1. The molecule has 4 rings (SSSR count). The molecular weight excluding hydrogens is 450 g/mol. The number of pyridine rings is 2. The lowest BCUT2D eigenvalue weighted by molar-refractivity contribution is 0.0997. The molecule has 0 saturated carbocycles. The molecule has 1 atom stereocenters. The summed E-state index contributed by atoms with van der Waals surface area (Å²) in [6.45, 7) is 8.81. The van der Waals surface area contributed by atoms with Gasteiger partial charge < -0.3 is 16.0 Å². The maximum absolute atomic E-state index is 13.7. The van der Waals surface area contributed by atoms with E-state index in [1.807, 2.05) is 49.9 Å². The summed E-state index contributed by atoms with van der Waals surface area (Å²) in [7, 11) is -4.16. The number of sulfone groups is 1. The van der Waals surface area contributed by atoms with Crippen molar-refractivity contribution in [3.8, 4) is 0 Å². The molecule has 1 aliphatic heterocycles. The van der Waals surface area contributed by atoms with E-state index >= 15 is 0 Å². The molecule has 0 spiro atoms. The molecule has 8 nitrogen and oxygen atoms in total. The van der Waals surface area contributed by atoms with Crippen molar-refractivity contribution >= 4 is 33.1 Å². The summed E-state index contributed by atoms with van der Waals surface area (Å²) in [5.41, 5.74) is 7.14. The summed E-state index contributed by atoms with van der Waals surface area (Å²) in [6.07, 6.45) is 2.29. The smallest absolute Gasteiger partial charge is 0.253 e. The van der Waals surface area contributed by atoms with Crippen LogP contribution >= 0.6 is 0 Å². The zero-order chi connectivity index (χ0) is 24.7. The van der Waals surface area contributed by atoms with Crippen LogP contribution in [0.15, 0.2) is 64.6 Å². The minimum atomic E-state index is -4.16. The fraction of sp³-hybridized carbons (Fsp3) is 0.320. The average molecular weight is 480 g/mol. The van der Waals surface area contributed by atoms with Gasteiger partial charge in [0.25, 0.3) is 5.91 Å². The molecule has 1 aliphatic rings. The summed E-state index contributed by atoms with van der Waals surface area (Å²) < 4.78 is 27.4. The van der Waals surface area contributed by atoms with E-state index in [1.54, 1.807) is 12.1 Å². The molecule has 0 radical (unpaired) electrons. The number of anilines is 3. The topological polar surface area (TPSA) is 118 Å². The van der Waals surface area contributed by atoms with E-state index in [4.69, 9.17) is 5.73 Å². The van der Waals surface area contributed by atoms with Gasteiger partial charge in [0.05, 0.1) is 4.90 Å². The Kier molecular flexibility index (Phi) is 6.07. The summed E-state index contributed by atoms with van der Waals surface area (Å²) >= 11 is 0. The second-order valence-electron chi connectivity index (χ2n) is 9.41. The first kappa shape index (κ1) is 23.7. The van der Waals surface area contributed by atoms with E-state index in [0.717, 1.165) is 17.7 Å². The molecule has 9 heteroatoms. The second kappa shape index (κ2) is 8.72. The normalized spacial score (nSPS) is 17.5. The van der Waals surface area contributed by atoms with Crippen LogP contribution in [0.4, 0.5) is 17.3 Å². The number of nitrogens with zero attached hydrogens (tertiary/aromatic N) is 3. The van der Waals surface area contributed by atoms with Crippen LogP contribution in [0.5, 0.6) is 0 Å². The van der Waals surface area contributed by atoms with E-state index < -0.39 is 15.7 Å². The summed E-state index contributed by atoms with van der Waals surface area (Å²) in [4.78, 5) is 23.1. The van der Waals surface area contributed by atoms with Gasteiger partial charge in [0, 0.05) is 24.0 Å². The maximum atomic E-state index is 13.7. The Balaban J connectivity index is 1.79. The molecule has 3 heterocycles. The van der Waals surface area contributed by atoms with Gasteiger partial charge in [-0.3, -0.25) is 4.79 Å². The molecule has 1 saturated heterocycles. The largest absolute Gasteiger partial charge is 0.365 e. The number of para-hydroxylation sites is 1. The predicted molar refractivity (Wildman–Crippen MR) is 132 cm³/mol. The Bertz CT molecular complexity index is 1350. The monoisotopic (exact) mass is 479 g/mol. The highest BCUT2D eigenvalue weighted by Gasteiger charge is 2.40. The molecule has 3 N–H and O–H groups in total. The third-order valence-electron chi connectivity index (χ3n) is 6.16. The number of rotatable bonds is 6. The van der Waals surface area contributed by atoms with E-state index in [-0.39, 0.29) is 26.8 Å². The number of benzene rings is 1. The van der Waals surface area contributed by atoms with Gasteiger partial charge in [-0.25, -0.2) is 18.4 Å². The molecule has 0 aliphatic carbocycles. The molecule has 1 fully saturated rings. The quantitative estimate of drug-likeness (QED) is 0.547. The van der Waals surface area contributed by atoms with Gasteiger partial charge in [-0.15, -0.1) is 0 Å². The van der Waals surface area contributed by atoms with Gasteiger partial charge in [-0.1, -0.05) is 31.2 Å². The van der Waals surface area contributed by atoms with Crippen molar-refractivity contribution in [1.82, 2.24) is 9.97 Å². The zero-order valence-corrected chi connectivity index (χ0v) is 20.6. The molecule has 1 amide bonds. The minimum Gasteiger partial charge on any atom is -0.365 e. The maximum Gasteiger partial charge on any atom is 0.253 e. The lowest BCUT2D eigenvalue weighted by Crippen LogP contribution is -2.40. The summed E-state index contributed by atoms with van der Waals surface area (Å²) in [5.74, 6) is 0.187. The van der Waals surface area contributed by atoms with Crippen molar-refractivity contribution in [2.24, 2.45) is 11.7 Å². The fourth-order valence-corrected chi connectivity index (χ4v) is 6.05. The van der Waals surface area contributed by atoms with Gasteiger partial charge in [-0.2, -0.15) is 0 Å². The first-order valence-electron chi connectivity index (χ1n) is 11.1. The van der Waals surface area contributed by atoms with Crippen LogP contribution in [0.3, 0.4) is 0 Å². The van der Waals surface area contributed by atoms with Gasteiger partial charge in [-0.05, 0) is 62.9 Å². The van der Waals surface area contributed by atoms with Crippen molar-refractivity contribution in [2.45, 2.75) is 49.6 Å². The van der Waals surface area contributed by atoms with E-state index in [1.165, 1.54) is 18.3 Å². The summed E-state index contributed by atoms with van der Waals surface area (Å²) in [6, 6.07) is 13.7. The number of carbonyl (C=O) groups excluding carboxylic acids is 1. The molecule has 1 aromatic carbocycles. The summed E-state index contributed by atoms with van der Waals surface area (Å²) in [5, 5.41) is 2.98. The van der Waals surface area contributed by atoms with Crippen LogP contribution in [-0.4, -0.2) is 36.4 Å². The van der Waals surface area contributed by atoms with E-state index in [9.17, 15) is 13.2 Å². The van der Waals surface area contributed by atoms with Crippen molar-refractivity contribution in [2.75, 3.05) is 16.8 Å². The van der Waals surface area contributed by atoms with Gasteiger partial charge in [0.15, 0.2) is 5.03 Å². The Morgan fingerprint density at radius 2 is 1.88 bits per heavy atom. The number of aromatic nitrogens is 2. The lowest BCUT2D eigenvalue weighted by Gasteiger charge is -2.33. The Morgan fingerprint density at radius 3 is 2.53 bits per heavy atom. The number of hydrogen-bond donors (Lipinski definition) is 2. The van der Waals surface area contributed by atoms with Crippen LogP contribution in [-0.2, 0) is 9.84 Å². The minimum absolute atomic E-state index is 0.108. The lowest BCUT2D eigenvalue weighted by atomic mass is 9.97. The van der Waals surface area contributed by atoms with Gasteiger partial charge >= 0.3 is 0 Å². The standard InChI is InChI=1S/C25H29N5O3S/c1-16-14-25(3,4)30(15-16)24-22(23(26)31)19(12-13-27-24)34(32,33)21-11-7-10-20(29-21)28-18-9-6-5-8-17(18)2/h5-13,16H,14-15H2,1-4H3,(H2,26,31)(H,28,29). The van der Waals surface area contributed by atoms with Gasteiger partial charge in [0.1, 0.15) is 17.2 Å². The Labute approximate surface area is 200 Å². The van der Waals surface area contributed by atoms with Crippen molar-refractivity contribution < 1.29 is 13.2 Å². The SMILES string of the molecule is Cc1ccccc1Nc1cccc(S(=O)(=O)c2ccnc(N3CC(C)CC3(C)C)c2C(N)=O)n1. The van der Waals surface area contributed by atoms with Gasteiger partial charge in [0.2, 0.25) is 9.84 Å².